The Labute approximate surface area is 137 Å². The fraction of sp³-hybridized carbons (Fsp3) is 0.579. The van der Waals surface area contributed by atoms with Crippen LogP contribution in [0.25, 0.3) is 11.0 Å². The Morgan fingerprint density at radius 1 is 1.17 bits per heavy atom. The van der Waals surface area contributed by atoms with Crippen LogP contribution in [0.5, 0.6) is 0 Å². The summed E-state index contributed by atoms with van der Waals surface area (Å²) in [5.74, 6) is 2.01. The molecule has 4 rings (SSSR count). The second-order valence-electron chi connectivity index (χ2n) is 7.04. The van der Waals surface area contributed by atoms with Gasteiger partial charge in [-0.25, -0.2) is 4.98 Å². The molecular weight excluding hydrogens is 286 g/mol. The third kappa shape index (κ3) is 2.99. The molecular formula is C19H25N3O. The molecule has 0 spiro atoms. The van der Waals surface area contributed by atoms with Gasteiger partial charge in [-0.05, 0) is 43.7 Å². The third-order valence-corrected chi connectivity index (χ3v) is 5.58. The number of aryl methyl sites for hydroxylation is 1. The molecule has 1 saturated carbocycles. The van der Waals surface area contributed by atoms with Crippen LogP contribution in [0.3, 0.4) is 0 Å². The van der Waals surface area contributed by atoms with Crippen molar-refractivity contribution >= 4 is 16.9 Å². The van der Waals surface area contributed by atoms with Gasteiger partial charge in [0, 0.05) is 25.4 Å². The van der Waals surface area contributed by atoms with Crippen LogP contribution in [-0.4, -0.2) is 33.4 Å². The number of para-hydroxylation sites is 2. The summed E-state index contributed by atoms with van der Waals surface area (Å²) in [4.78, 5) is 22.8. The molecule has 1 amide bonds. The van der Waals surface area contributed by atoms with Crippen LogP contribution < -0.4 is 0 Å². The first kappa shape index (κ1) is 14.7. The van der Waals surface area contributed by atoms with Crippen molar-refractivity contribution in [3.8, 4) is 0 Å². The van der Waals surface area contributed by atoms with Crippen LogP contribution in [-0.2, 0) is 11.2 Å². The number of rotatable bonds is 3. The minimum Gasteiger partial charge on any atom is -0.342 e. The van der Waals surface area contributed by atoms with Gasteiger partial charge in [0.1, 0.15) is 5.82 Å². The van der Waals surface area contributed by atoms with Crippen LogP contribution in [0.2, 0.25) is 0 Å². The lowest BCUT2D eigenvalue weighted by molar-refractivity contribution is -0.137. The van der Waals surface area contributed by atoms with Gasteiger partial charge in [0.15, 0.2) is 0 Å². The van der Waals surface area contributed by atoms with Gasteiger partial charge >= 0.3 is 0 Å². The molecule has 1 N–H and O–H groups in total. The highest BCUT2D eigenvalue weighted by molar-refractivity contribution is 5.77. The number of carbonyl (C=O) groups excluding carboxylic acids is 1. The maximum absolute atomic E-state index is 12.7. The number of hydrogen-bond acceptors (Lipinski definition) is 2. The monoisotopic (exact) mass is 311 g/mol. The average molecular weight is 311 g/mol. The quantitative estimate of drug-likeness (QED) is 0.940. The van der Waals surface area contributed by atoms with Crippen molar-refractivity contribution in [3.63, 3.8) is 0 Å². The molecule has 2 atom stereocenters. The van der Waals surface area contributed by atoms with E-state index in [0.29, 0.717) is 24.8 Å². The first-order valence-electron chi connectivity index (χ1n) is 9.04. The molecule has 2 aliphatic rings. The third-order valence-electron chi connectivity index (χ3n) is 5.58. The van der Waals surface area contributed by atoms with Gasteiger partial charge in [-0.1, -0.05) is 25.0 Å². The standard InChI is InChI=1S/C19H25N3O/c23-19(22-13-5-7-14-6-1-4-10-17(14)22)12-11-18-20-15-8-2-3-9-16(15)21-18/h2-3,8-9,14,17H,1,4-7,10-13H2,(H,20,21)/t14-,17+/m1/s1. The summed E-state index contributed by atoms with van der Waals surface area (Å²) in [6, 6.07) is 8.56. The zero-order valence-electron chi connectivity index (χ0n) is 13.6. The van der Waals surface area contributed by atoms with E-state index in [1.807, 2.05) is 24.3 Å². The highest BCUT2D eigenvalue weighted by Crippen LogP contribution is 2.35. The Morgan fingerprint density at radius 3 is 2.91 bits per heavy atom. The first-order valence-corrected chi connectivity index (χ1v) is 9.04. The van der Waals surface area contributed by atoms with Crippen molar-refractivity contribution in [1.82, 2.24) is 14.9 Å². The topological polar surface area (TPSA) is 49.0 Å². The van der Waals surface area contributed by atoms with E-state index in [9.17, 15) is 4.79 Å². The van der Waals surface area contributed by atoms with Crippen LogP contribution >= 0.6 is 0 Å². The molecule has 2 heterocycles. The molecule has 4 heteroatoms. The normalized spacial score (nSPS) is 24.6. The lowest BCUT2D eigenvalue weighted by Crippen LogP contribution is -2.49. The molecule has 0 bridgehead atoms. The van der Waals surface area contributed by atoms with Crippen LogP contribution in [0.1, 0.15) is 50.8 Å². The van der Waals surface area contributed by atoms with E-state index in [4.69, 9.17) is 0 Å². The van der Waals surface area contributed by atoms with Crippen molar-refractivity contribution in [3.05, 3.63) is 30.1 Å². The van der Waals surface area contributed by atoms with Crippen LogP contribution in [0.15, 0.2) is 24.3 Å². The number of carbonyl (C=O) groups is 1. The number of piperidine rings is 1. The fourth-order valence-electron chi connectivity index (χ4n) is 4.43. The summed E-state index contributed by atoms with van der Waals surface area (Å²) in [5.41, 5.74) is 2.04. The molecule has 0 unspecified atom stereocenters. The largest absolute Gasteiger partial charge is 0.342 e. The molecule has 2 aromatic rings. The van der Waals surface area contributed by atoms with Crippen molar-refractivity contribution in [2.75, 3.05) is 6.54 Å². The lowest BCUT2D eigenvalue weighted by Gasteiger charge is -2.44. The van der Waals surface area contributed by atoms with Gasteiger partial charge in [-0.3, -0.25) is 4.79 Å². The molecule has 0 radical (unpaired) electrons. The number of aromatic amines is 1. The Morgan fingerprint density at radius 2 is 2.00 bits per heavy atom. The SMILES string of the molecule is O=C(CCc1nc2ccccc2[nH]1)N1CCC[C@H]2CCCC[C@@H]21. The Bertz CT molecular complexity index is 658. The molecule has 23 heavy (non-hydrogen) atoms. The van der Waals surface area contributed by atoms with Gasteiger partial charge in [0.2, 0.25) is 5.91 Å². The lowest BCUT2D eigenvalue weighted by atomic mass is 9.78. The number of nitrogens with zero attached hydrogens (tertiary/aromatic N) is 2. The zero-order chi connectivity index (χ0) is 15.6. The molecule has 2 fully saturated rings. The summed E-state index contributed by atoms with van der Waals surface area (Å²) in [6.45, 7) is 0.958. The van der Waals surface area contributed by atoms with Crippen molar-refractivity contribution < 1.29 is 4.79 Å². The van der Waals surface area contributed by atoms with Crippen molar-refractivity contribution in [1.29, 1.82) is 0 Å². The fourth-order valence-corrected chi connectivity index (χ4v) is 4.43. The number of nitrogens with one attached hydrogen (secondary N) is 1. The predicted octanol–water partition coefficient (Wildman–Crippen LogP) is 3.68. The number of benzene rings is 1. The second-order valence-corrected chi connectivity index (χ2v) is 7.04. The highest BCUT2D eigenvalue weighted by Gasteiger charge is 2.35. The first-order chi connectivity index (χ1) is 11.3. The number of imidazole rings is 1. The summed E-state index contributed by atoms with van der Waals surface area (Å²) in [6.07, 6.45) is 8.94. The Balaban J connectivity index is 1.40. The molecule has 4 nitrogen and oxygen atoms in total. The van der Waals surface area contributed by atoms with E-state index in [-0.39, 0.29) is 0 Å². The van der Waals surface area contributed by atoms with Gasteiger partial charge in [-0.15, -0.1) is 0 Å². The number of H-pyrrole nitrogens is 1. The highest BCUT2D eigenvalue weighted by atomic mass is 16.2. The predicted molar refractivity (Wildman–Crippen MR) is 91.1 cm³/mol. The Kier molecular flexibility index (Phi) is 4.06. The van der Waals surface area contributed by atoms with Crippen molar-refractivity contribution in [2.45, 2.75) is 57.4 Å². The molecule has 1 aromatic heterocycles. The molecule has 1 aromatic carbocycles. The van der Waals surface area contributed by atoms with E-state index in [1.54, 1.807) is 0 Å². The van der Waals surface area contributed by atoms with E-state index < -0.39 is 0 Å². The number of aromatic nitrogens is 2. The average Bonchev–Trinajstić information content (AvgIpc) is 3.02. The van der Waals surface area contributed by atoms with Gasteiger partial charge in [0.05, 0.1) is 11.0 Å². The summed E-state index contributed by atoms with van der Waals surface area (Å²) < 4.78 is 0. The second kappa shape index (κ2) is 6.34. The van der Waals surface area contributed by atoms with E-state index in [0.717, 1.165) is 29.3 Å². The van der Waals surface area contributed by atoms with Crippen LogP contribution in [0, 0.1) is 5.92 Å². The van der Waals surface area contributed by atoms with E-state index in [1.165, 1.54) is 38.5 Å². The van der Waals surface area contributed by atoms with Crippen molar-refractivity contribution in [2.24, 2.45) is 5.92 Å². The zero-order valence-corrected chi connectivity index (χ0v) is 13.6. The van der Waals surface area contributed by atoms with E-state index in [2.05, 4.69) is 14.9 Å². The minimum absolute atomic E-state index is 0.321. The van der Waals surface area contributed by atoms with E-state index >= 15 is 0 Å². The molecule has 1 aliphatic carbocycles. The van der Waals surface area contributed by atoms with Gasteiger partial charge in [-0.2, -0.15) is 0 Å². The summed E-state index contributed by atoms with van der Waals surface area (Å²) in [5, 5.41) is 0. The molecule has 122 valence electrons. The molecule has 1 aliphatic heterocycles. The van der Waals surface area contributed by atoms with Gasteiger partial charge < -0.3 is 9.88 Å². The van der Waals surface area contributed by atoms with Crippen LogP contribution in [0.4, 0.5) is 0 Å². The number of hydrogen-bond donors (Lipinski definition) is 1. The number of amides is 1. The number of fused-ring (bicyclic) bond motifs is 2. The summed E-state index contributed by atoms with van der Waals surface area (Å²) in [7, 11) is 0. The number of likely N-dealkylation sites (tertiary alicyclic amines) is 1. The van der Waals surface area contributed by atoms with Gasteiger partial charge in [0.25, 0.3) is 0 Å². The summed E-state index contributed by atoms with van der Waals surface area (Å²) >= 11 is 0. The maximum Gasteiger partial charge on any atom is 0.223 e. The molecule has 1 saturated heterocycles. The smallest absolute Gasteiger partial charge is 0.223 e. The Hall–Kier alpha value is -1.84. The minimum atomic E-state index is 0.321. The maximum atomic E-state index is 12.7.